The summed E-state index contributed by atoms with van der Waals surface area (Å²) in [7, 11) is -2.26. The number of hydrogen-bond acceptors (Lipinski definition) is 3. The molecule has 0 spiro atoms. The van der Waals surface area contributed by atoms with Gasteiger partial charge in [0.1, 0.15) is 0 Å². The van der Waals surface area contributed by atoms with Crippen LogP contribution in [-0.2, 0) is 15.4 Å². The molecule has 134 valence electrons. The monoisotopic (exact) mass is 380 g/mol. The van der Waals surface area contributed by atoms with Gasteiger partial charge in [-0.15, -0.1) is 0 Å². The van der Waals surface area contributed by atoms with Crippen LogP contribution in [0.4, 0.5) is 0 Å². The molecule has 0 radical (unpaired) electrons. The van der Waals surface area contributed by atoms with E-state index in [1.54, 1.807) is 12.1 Å². The SMILES string of the molecule is CNS(=O)(=O)c1cccc(C(=O)NCC(C)(C)c2ccc(Cl)cc2)c1. The standard InChI is InChI=1S/C18H21ClN2O3S/c1-18(2,14-7-9-15(19)10-8-14)12-21-17(22)13-5-4-6-16(11-13)25(23,24)20-3/h4-11,20H,12H2,1-3H3,(H,21,22). The van der Waals surface area contributed by atoms with Crippen LogP contribution in [0.2, 0.25) is 5.02 Å². The molecular weight excluding hydrogens is 360 g/mol. The fourth-order valence-corrected chi connectivity index (χ4v) is 3.23. The molecule has 0 saturated carbocycles. The lowest BCUT2D eigenvalue weighted by Crippen LogP contribution is -2.36. The maximum Gasteiger partial charge on any atom is 0.251 e. The van der Waals surface area contributed by atoms with Crippen molar-refractivity contribution in [3.05, 3.63) is 64.7 Å². The molecule has 0 fully saturated rings. The largest absolute Gasteiger partial charge is 0.351 e. The minimum Gasteiger partial charge on any atom is -0.351 e. The summed E-state index contributed by atoms with van der Waals surface area (Å²) in [6.07, 6.45) is 0. The van der Waals surface area contributed by atoms with Crippen molar-refractivity contribution in [3.8, 4) is 0 Å². The average molecular weight is 381 g/mol. The van der Waals surface area contributed by atoms with Crippen molar-refractivity contribution >= 4 is 27.5 Å². The highest BCUT2D eigenvalue weighted by molar-refractivity contribution is 7.89. The van der Waals surface area contributed by atoms with E-state index in [0.717, 1.165) is 5.56 Å². The van der Waals surface area contributed by atoms with Crippen molar-refractivity contribution in [1.82, 2.24) is 10.0 Å². The van der Waals surface area contributed by atoms with E-state index >= 15 is 0 Å². The van der Waals surface area contributed by atoms with Gasteiger partial charge in [0.25, 0.3) is 5.91 Å². The fraction of sp³-hybridized carbons (Fsp3) is 0.278. The van der Waals surface area contributed by atoms with Crippen LogP contribution in [0.3, 0.4) is 0 Å². The second-order valence-electron chi connectivity index (χ2n) is 6.31. The zero-order valence-electron chi connectivity index (χ0n) is 14.3. The van der Waals surface area contributed by atoms with E-state index < -0.39 is 10.0 Å². The Morgan fingerprint density at radius 1 is 1.12 bits per heavy atom. The predicted molar refractivity (Wildman–Crippen MR) is 99.5 cm³/mol. The van der Waals surface area contributed by atoms with Gasteiger partial charge in [-0.2, -0.15) is 0 Å². The second kappa shape index (κ2) is 7.56. The average Bonchev–Trinajstić information content (AvgIpc) is 2.60. The summed E-state index contributed by atoms with van der Waals surface area (Å²) in [6, 6.07) is 13.4. The van der Waals surface area contributed by atoms with E-state index in [-0.39, 0.29) is 16.2 Å². The molecule has 0 saturated heterocycles. The van der Waals surface area contributed by atoms with Crippen LogP contribution in [0.15, 0.2) is 53.4 Å². The van der Waals surface area contributed by atoms with E-state index in [9.17, 15) is 13.2 Å². The first kappa shape index (κ1) is 19.4. The van der Waals surface area contributed by atoms with Gasteiger partial charge in [-0.3, -0.25) is 4.79 Å². The number of rotatable bonds is 6. The number of nitrogens with one attached hydrogen (secondary N) is 2. The Labute approximate surface area is 153 Å². The van der Waals surface area contributed by atoms with E-state index in [1.807, 2.05) is 38.1 Å². The van der Waals surface area contributed by atoms with Crippen molar-refractivity contribution < 1.29 is 13.2 Å². The van der Waals surface area contributed by atoms with E-state index in [2.05, 4.69) is 10.0 Å². The number of halogens is 1. The summed E-state index contributed by atoms with van der Waals surface area (Å²) < 4.78 is 25.9. The van der Waals surface area contributed by atoms with Gasteiger partial charge in [-0.1, -0.05) is 43.6 Å². The van der Waals surface area contributed by atoms with Crippen molar-refractivity contribution in [2.45, 2.75) is 24.2 Å². The molecule has 0 heterocycles. The van der Waals surface area contributed by atoms with Crippen molar-refractivity contribution in [2.24, 2.45) is 0 Å². The fourth-order valence-electron chi connectivity index (χ4n) is 2.33. The van der Waals surface area contributed by atoms with Gasteiger partial charge in [-0.05, 0) is 42.9 Å². The van der Waals surface area contributed by atoms with Crippen LogP contribution >= 0.6 is 11.6 Å². The highest BCUT2D eigenvalue weighted by atomic mass is 35.5. The summed E-state index contributed by atoms with van der Waals surface area (Å²) in [4.78, 5) is 12.5. The number of amides is 1. The van der Waals surface area contributed by atoms with Gasteiger partial charge in [-0.25, -0.2) is 13.1 Å². The quantitative estimate of drug-likeness (QED) is 0.809. The third kappa shape index (κ3) is 4.81. The minimum absolute atomic E-state index is 0.0552. The number of hydrogen-bond donors (Lipinski definition) is 2. The van der Waals surface area contributed by atoms with Gasteiger partial charge in [0.05, 0.1) is 4.90 Å². The van der Waals surface area contributed by atoms with Gasteiger partial charge >= 0.3 is 0 Å². The predicted octanol–water partition coefficient (Wildman–Crippen LogP) is 2.96. The molecule has 0 aromatic heterocycles. The molecule has 2 aromatic rings. The van der Waals surface area contributed by atoms with E-state index in [0.29, 0.717) is 17.1 Å². The third-order valence-electron chi connectivity index (χ3n) is 3.99. The first-order valence-corrected chi connectivity index (χ1v) is 9.60. The first-order valence-electron chi connectivity index (χ1n) is 7.73. The van der Waals surface area contributed by atoms with E-state index in [4.69, 9.17) is 11.6 Å². The third-order valence-corrected chi connectivity index (χ3v) is 5.66. The van der Waals surface area contributed by atoms with E-state index in [1.165, 1.54) is 19.2 Å². The normalized spacial score (nSPS) is 12.0. The molecule has 0 atom stereocenters. The Morgan fingerprint density at radius 3 is 2.36 bits per heavy atom. The Morgan fingerprint density at radius 2 is 1.76 bits per heavy atom. The lowest BCUT2D eigenvalue weighted by Gasteiger charge is -2.25. The number of benzene rings is 2. The Bertz CT molecular complexity index is 862. The molecule has 1 amide bonds. The van der Waals surface area contributed by atoms with Crippen molar-refractivity contribution in [1.29, 1.82) is 0 Å². The summed E-state index contributed by atoms with van der Waals surface area (Å²) in [5.41, 5.74) is 1.04. The molecule has 25 heavy (non-hydrogen) atoms. The maximum absolute atomic E-state index is 12.4. The summed E-state index contributed by atoms with van der Waals surface area (Å²) in [6.45, 7) is 4.42. The molecule has 0 aliphatic rings. The van der Waals surface area contributed by atoms with Crippen LogP contribution in [-0.4, -0.2) is 27.9 Å². The van der Waals surface area contributed by atoms with Gasteiger partial charge < -0.3 is 5.32 Å². The van der Waals surface area contributed by atoms with Crippen LogP contribution in [0.1, 0.15) is 29.8 Å². The summed E-state index contributed by atoms with van der Waals surface area (Å²) >= 11 is 5.91. The summed E-state index contributed by atoms with van der Waals surface area (Å²) in [5.74, 6) is -0.324. The lowest BCUT2D eigenvalue weighted by atomic mass is 9.84. The van der Waals surface area contributed by atoms with Gasteiger partial charge in [0.2, 0.25) is 10.0 Å². The molecule has 7 heteroatoms. The molecule has 0 unspecified atom stereocenters. The van der Waals surface area contributed by atoms with Gasteiger partial charge in [0, 0.05) is 22.5 Å². The highest BCUT2D eigenvalue weighted by Gasteiger charge is 2.22. The molecule has 0 bridgehead atoms. The smallest absolute Gasteiger partial charge is 0.251 e. The molecule has 0 aliphatic heterocycles. The minimum atomic E-state index is -3.59. The zero-order chi connectivity index (χ0) is 18.7. The Hall–Kier alpha value is -1.89. The Balaban J connectivity index is 2.12. The molecule has 5 nitrogen and oxygen atoms in total. The topological polar surface area (TPSA) is 75.3 Å². The van der Waals surface area contributed by atoms with Crippen LogP contribution in [0.5, 0.6) is 0 Å². The molecule has 2 rings (SSSR count). The second-order valence-corrected chi connectivity index (χ2v) is 8.63. The molecule has 0 aliphatic carbocycles. The number of carbonyl (C=O) groups excluding carboxylic acids is 1. The lowest BCUT2D eigenvalue weighted by molar-refractivity contribution is 0.0945. The number of carbonyl (C=O) groups is 1. The molecular formula is C18H21ClN2O3S. The van der Waals surface area contributed by atoms with Gasteiger partial charge in [0.15, 0.2) is 0 Å². The van der Waals surface area contributed by atoms with Crippen molar-refractivity contribution in [2.75, 3.05) is 13.6 Å². The highest BCUT2D eigenvalue weighted by Crippen LogP contribution is 2.24. The van der Waals surface area contributed by atoms with Crippen LogP contribution in [0.25, 0.3) is 0 Å². The number of sulfonamides is 1. The zero-order valence-corrected chi connectivity index (χ0v) is 15.9. The molecule has 2 aromatic carbocycles. The van der Waals surface area contributed by atoms with Crippen LogP contribution in [0, 0.1) is 0 Å². The Kier molecular flexibility index (Phi) is 5.87. The molecule has 2 N–H and O–H groups in total. The maximum atomic E-state index is 12.4. The summed E-state index contributed by atoms with van der Waals surface area (Å²) in [5, 5.41) is 3.52. The first-order chi connectivity index (χ1) is 11.7. The van der Waals surface area contributed by atoms with Crippen molar-refractivity contribution in [3.63, 3.8) is 0 Å². The van der Waals surface area contributed by atoms with Crippen LogP contribution < -0.4 is 10.0 Å².